The largest absolute Gasteiger partial charge is 0.465 e. The van der Waals surface area contributed by atoms with Crippen LogP contribution in [0.3, 0.4) is 0 Å². The van der Waals surface area contributed by atoms with Gasteiger partial charge < -0.3 is 18.3 Å². The number of nitrogens with zero attached hydrogens (tertiary/aromatic N) is 2. The molecule has 4 aromatic rings. The molecule has 0 aliphatic rings. The number of rotatable bonds is 10. The van der Waals surface area contributed by atoms with Crippen molar-refractivity contribution in [1.29, 1.82) is 0 Å². The fourth-order valence-electron chi connectivity index (χ4n) is 3.00. The number of aryl methyl sites for hydroxylation is 2. The first-order valence-electron chi connectivity index (χ1n) is 10.3. The number of ether oxygens (including phenoxy) is 2. The molecule has 8 nitrogen and oxygen atoms in total. The van der Waals surface area contributed by atoms with E-state index in [1.54, 1.807) is 13.8 Å². The lowest BCUT2D eigenvalue weighted by Crippen LogP contribution is -2.14. The normalized spacial score (nSPS) is 11.0. The summed E-state index contributed by atoms with van der Waals surface area (Å²) < 4.78 is 21.7. The molecule has 0 unspecified atom stereocenters. The van der Waals surface area contributed by atoms with Gasteiger partial charge in [0.1, 0.15) is 11.5 Å². The van der Waals surface area contributed by atoms with Crippen LogP contribution in [0.5, 0.6) is 0 Å². The molecule has 4 heterocycles. The van der Waals surface area contributed by atoms with Crippen LogP contribution in [0.15, 0.2) is 43.9 Å². The number of esters is 2. The predicted octanol–water partition coefficient (Wildman–Crippen LogP) is 5.00. The fourth-order valence-corrected chi connectivity index (χ4v) is 4.30. The first-order chi connectivity index (χ1) is 16.0. The van der Waals surface area contributed by atoms with Crippen LogP contribution >= 0.6 is 22.7 Å². The van der Waals surface area contributed by atoms with Crippen LogP contribution in [0.1, 0.15) is 29.3 Å². The molecule has 33 heavy (non-hydrogen) atoms. The zero-order valence-corrected chi connectivity index (χ0v) is 19.8. The Balaban J connectivity index is 1.16. The third-order valence-electron chi connectivity index (χ3n) is 4.69. The van der Waals surface area contributed by atoms with Crippen molar-refractivity contribution in [2.24, 2.45) is 0 Å². The molecule has 172 valence electrons. The van der Waals surface area contributed by atoms with Gasteiger partial charge in [0, 0.05) is 6.42 Å². The second kappa shape index (κ2) is 10.6. The maximum Gasteiger partial charge on any atom is 0.312 e. The van der Waals surface area contributed by atoms with Crippen LogP contribution in [0.25, 0.3) is 21.5 Å². The highest BCUT2D eigenvalue weighted by Crippen LogP contribution is 2.27. The van der Waals surface area contributed by atoms with E-state index >= 15 is 0 Å². The maximum absolute atomic E-state index is 12.1. The quantitative estimate of drug-likeness (QED) is 0.228. The molecule has 10 heteroatoms. The molecule has 0 aliphatic heterocycles. The van der Waals surface area contributed by atoms with E-state index < -0.39 is 11.9 Å². The summed E-state index contributed by atoms with van der Waals surface area (Å²) in [5, 5.41) is 3.87. The number of carbonyl (C=O) groups excluding carboxylic acids is 2. The lowest BCUT2D eigenvalue weighted by molar-refractivity contribution is -0.145. The van der Waals surface area contributed by atoms with E-state index in [1.807, 2.05) is 35.0 Å². The molecular weight excluding hydrogens is 464 g/mol. The average molecular weight is 487 g/mol. The number of aromatic nitrogens is 2. The van der Waals surface area contributed by atoms with Gasteiger partial charge in [-0.1, -0.05) is 12.1 Å². The smallest absolute Gasteiger partial charge is 0.312 e. The van der Waals surface area contributed by atoms with Crippen molar-refractivity contribution >= 4 is 34.6 Å². The lowest BCUT2D eigenvalue weighted by atomic mass is 10.3. The van der Waals surface area contributed by atoms with E-state index in [2.05, 4.69) is 9.97 Å². The molecule has 0 aromatic carbocycles. The van der Waals surface area contributed by atoms with E-state index in [0.29, 0.717) is 41.1 Å². The average Bonchev–Trinajstić information content (AvgIpc) is 3.57. The van der Waals surface area contributed by atoms with Gasteiger partial charge in [-0.15, -0.1) is 22.7 Å². The van der Waals surface area contributed by atoms with Gasteiger partial charge >= 0.3 is 11.9 Å². The number of thiophene rings is 2. The van der Waals surface area contributed by atoms with Crippen LogP contribution in [-0.2, 0) is 31.9 Å². The first kappa shape index (κ1) is 22.9. The summed E-state index contributed by atoms with van der Waals surface area (Å²) in [5.41, 5.74) is 1.11. The molecule has 0 radical (unpaired) electrons. The van der Waals surface area contributed by atoms with Crippen molar-refractivity contribution in [2.75, 3.05) is 13.2 Å². The summed E-state index contributed by atoms with van der Waals surface area (Å²) in [5.74, 6) is 1.37. The zero-order valence-electron chi connectivity index (χ0n) is 18.2. The molecule has 4 rings (SSSR count). The fraction of sp³-hybridized carbons (Fsp3) is 0.304. The minimum atomic E-state index is -0.408. The second-order valence-corrected chi connectivity index (χ2v) is 9.04. The monoisotopic (exact) mass is 486 g/mol. The molecule has 0 amide bonds. The Kier molecular flexibility index (Phi) is 7.36. The third-order valence-corrected chi connectivity index (χ3v) is 6.40. The van der Waals surface area contributed by atoms with Crippen molar-refractivity contribution in [1.82, 2.24) is 9.97 Å². The molecule has 0 bridgehead atoms. The summed E-state index contributed by atoms with van der Waals surface area (Å²) in [6, 6.07) is 7.64. The minimum absolute atomic E-state index is 0.0263. The van der Waals surface area contributed by atoms with Crippen molar-refractivity contribution in [3.63, 3.8) is 0 Å². The Morgan fingerprint density at radius 3 is 1.67 bits per heavy atom. The van der Waals surface area contributed by atoms with Gasteiger partial charge in [0.25, 0.3) is 0 Å². The Morgan fingerprint density at radius 2 is 1.27 bits per heavy atom. The first-order valence-corrected chi connectivity index (χ1v) is 12.1. The number of hydrogen-bond donors (Lipinski definition) is 0. The summed E-state index contributed by atoms with van der Waals surface area (Å²) in [6.45, 7) is 3.83. The highest BCUT2D eigenvalue weighted by atomic mass is 32.1. The Hall–Kier alpha value is -3.24. The minimum Gasteiger partial charge on any atom is -0.465 e. The standard InChI is InChI=1S/C23H22N2O6S2/c1-14-16(24-22(30-14)18-6-3-10-32-18)12-20(26)28-8-5-9-29-21(27)13-17-15(2)31-23(25-17)19-7-4-11-33-19/h3-4,6-7,10-11H,5,8-9,12-13H2,1-2H3. The molecule has 4 aromatic heterocycles. The van der Waals surface area contributed by atoms with Gasteiger partial charge in [-0.25, -0.2) is 9.97 Å². The SMILES string of the molecule is Cc1oc(-c2cccs2)nc1CC(=O)OCCCOC(=O)Cc1nc(-c2cccs2)oc1C. The van der Waals surface area contributed by atoms with Crippen LogP contribution in [0.4, 0.5) is 0 Å². The van der Waals surface area contributed by atoms with Crippen LogP contribution < -0.4 is 0 Å². The Labute approximate surface area is 198 Å². The van der Waals surface area contributed by atoms with Crippen molar-refractivity contribution in [2.45, 2.75) is 33.1 Å². The third kappa shape index (κ3) is 5.96. The van der Waals surface area contributed by atoms with Crippen molar-refractivity contribution in [3.8, 4) is 21.5 Å². The van der Waals surface area contributed by atoms with E-state index in [0.717, 1.165) is 9.75 Å². The Morgan fingerprint density at radius 1 is 0.818 bits per heavy atom. The molecule has 0 saturated carbocycles. The van der Waals surface area contributed by atoms with Gasteiger partial charge in [-0.2, -0.15) is 0 Å². The second-order valence-electron chi connectivity index (χ2n) is 7.15. The van der Waals surface area contributed by atoms with E-state index in [-0.39, 0.29) is 26.1 Å². The van der Waals surface area contributed by atoms with Gasteiger partial charge in [-0.3, -0.25) is 9.59 Å². The van der Waals surface area contributed by atoms with Gasteiger partial charge in [0.05, 0.1) is 47.2 Å². The van der Waals surface area contributed by atoms with Crippen LogP contribution in [0, 0.1) is 13.8 Å². The predicted molar refractivity (Wildman–Crippen MR) is 123 cm³/mol. The number of oxazole rings is 2. The van der Waals surface area contributed by atoms with Gasteiger partial charge in [0.2, 0.25) is 11.8 Å². The summed E-state index contributed by atoms with van der Waals surface area (Å²) >= 11 is 3.04. The number of carbonyl (C=O) groups is 2. The van der Waals surface area contributed by atoms with E-state index in [1.165, 1.54) is 22.7 Å². The zero-order chi connectivity index (χ0) is 23.2. The van der Waals surface area contributed by atoms with Crippen molar-refractivity contribution < 1.29 is 27.9 Å². The molecule has 0 aliphatic carbocycles. The van der Waals surface area contributed by atoms with Gasteiger partial charge in [-0.05, 0) is 36.7 Å². The van der Waals surface area contributed by atoms with E-state index in [9.17, 15) is 9.59 Å². The van der Waals surface area contributed by atoms with Crippen LogP contribution in [-0.4, -0.2) is 35.1 Å². The maximum atomic E-state index is 12.1. The molecule has 0 N–H and O–H groups in total. The lowest BCUT2D eigenvalue weighted by Gasteiger charge is -2.05. The highest BCUT2D eigenvalue weighted by Gasteiger charge is 2.17. The van der Waals surface area contributed by atoms with E-state index in [4.69, 9.17) is 18.3 Å². The summed E-state index contributed by atoms with van der Waals surface area (Å²) in [6.07, 6.45) is 0.449. The highest BCUT2D eigenvalue weighted by molar-refractivity contribution is 7.13. The number of hydrogen-bond acceptors (Lipinski definition) is 10. The molecule has 0 atom stereocenters. The topological polar surface area (TPSA) is 105 Å². The van der Waals surface area contributed by atoms with Gasteiger partial charge in [0.15, 0.2) is 0 Å². The summed E-state index contributed by atoms with van der Waals surface area (Å²) in [7, 11) is 0. The molecule has 0 fully saturated rings. The summed E-state index contributed by atoms with van der Waals surface area (Å²) in [4.78, 5) is 34.8. The van der Waals surface area contributed by atoms with Crippen molar-refractivity contribution in [3.05, 3.63) is 57.9 Å². The van der Waals surface area contributed by atoms with Crippen LogP contribution in [0.2, 0.25) is 0 Å². The molecule has 0 saturated heterocycles. The Bertz CT molecular complexity index is 1110. The molecular formula is C23H22N2O6S2. The molecule has 0 spiro atoms.